The van der Waals surface area contributed by atoms with Gasteiger partial charge in [0.25, 0.3) is 16.7 Å². The highest BCUT2D eigenvalue weighted by molar-refractivity contribution is 14.1. The number of pyridine rings is 3. The number of hydrogen-bond acceptors (Lipinski definition) is 13. The molecule has 2 N–H and O–H groups in total. The van der Waals surface area contributed by atoms with Crippen molar-refractivity contribution in [1.29, 1.82) is 0 Å². The van der Waals surface area contributed by atoms with Crippen molar-refractivity contribution < 1.29 is 31.2 Å². The van der Waals surface area contributed by atoms with Gasteiger partial charge in [0.05, 0.1) is 16.2 Å². The van der Waals surface area contributed by atoms with Gasteiger partial charge in [-0.05, 0) is 285 Å². The summed E-state index contributed by atoms with van der Waals surface area (Å²) >= 11 is 6.17. The Morgan fingerprint density at radius 2 is 0.838 bits per heavy atom. The van der Waals surface area contributed by atoms with E-state index in [2.05, 4.69) is 78.9 Å². The number of rotatable bonds is 20. The monoisotopic (exact) mass is 1860 g/mol. The molecule has 0 radical (unpaired) electrons. The first-order valence-corrected chi connectivity index (χ1v) is 39.0. The number of benzene rings is 6. The number of aromatic nitrogens is 3. The zero-order valence-corrected chi connectivity index (χ0v) is 69.6. The van der Waals surface area contributed by atoms with Crippen molar-refractivity contribution >= 4 is 119 Å². The smallest absolute Gasteiger partial charge is 0.339 e. The molecule has 0 spiro atoms. The number of carbonyl (C=O) groups excluding carboxylic acids is 1. The Morgan fingerprint density at radius 1 is 0.486 bits per heavy atom. The highest BCUT2D eigenvalue weighted by Crippen LogP contribution is 2.43. The SMILES string of the molecule is C.C.CNCCn1c(C)c(-c2cccc(CC(C)=O)c2)c2oc(=O)c(C)c(Cc3ccc(I)cc3F)c2c1=O.CNCc1cccc(-c2c(C)n(C3CC3)c(=O)c3c(Cc4ccc(I)cc4F)c(C)c(=O)oc23)c1.Cc1c(Cc2ccc(I)cc2F)c2c(=O)n(C3CC3)c(C)c(-c3cccc(CN(C)C)c3)c2oc1=O.Cl. The predicted molar refractivity (Wildman–Crippen MR) is 466 cm³/mol. The van der Waals surface area contributed by atoms with Crippen LogP contribution in [-0.4, -0.2) is 59.1 Å². The van der Waals surface area contributed by atoms with Crippen LogP contribution in [-0.2, 0) is 50.1 Å². The second-order valence-corrected chi connectivity index (χ2v) is 32.1. The first kappa shape index (κ1) is 86.6. The molecule has 582 valence electrons. The third-order valence-corrected chi connectivity index (χ3v) is 22.2. The number of hydrogen-bond donors (Lipinski definition) is 2. The molecule has 111 heavy (non-hydrogen) atoms. The maximum absolute atomic E-state index is 14.8. The van der Waals surface area contributed by atoms with Crippen LogP contribution < -0.4 is 44.2 Å². The minimum absolute atomic E-state index is 0. The summed E-state index contributed by atoms with van der Waals surface area (Å²) < 4.78 is 69.7. The van der Waals surface area contributed by atoms with Gasteiger partial charge < -0.3 is 42.5 Å². The topological polar surface area (TPSA) is 201 Å². The van der Waals surface area contributed by atoms with E-state index in [0.717, 1.165) is 98.8 Å². The number of likely N-dealkylation sites (N-methyl/N-ethyl adjacent to an activating group) is 1. The van der Waals surface area contributed by atoms with E-state index in [0.29, 0.717) is 86.2 Å². The van der Waals surface area contributed by atoms with E-state index >= 15 is 0 Å². The molecule has 0 atom stereocenters. The molecule has 6 aromatic heterocycles. The number of ketones is 1. The molecule has 0 aliphatic heterocycles. The van der Waals surface area contributed by atoms with Gasteiger partial charge in [0.15, 0.2) is 16.7 Å². The average molecular weight is 1870 g/mol. The molecule has 14 rings (SSSR count). The third-order valence-electron chi connectivity index (χ3n) is 20.2. The summed E-state index contributed by atoms with van der Waals surface area (Å²) in [7, 11) is 7.72. The number of nitrogens with zero attached hydrogens (tertiary/aromatic N) is 4. The molecule has 6 aromatic carbocycles. The van der Waals surface area contributed by atoms with E-state index < -0.39 is 22.7 Å². The molecule has 6 heterocycles. The summed E-state index contributed by atoms with van der Waals surface area (Å²) in [5, 5.41) is 7.24. The van der Waals surface area contributed by atoms with E-state index in [4.69, 9.17) is 13.3 Å². The molecule has 2 saturated carbocycles. The van der Waals surface area contributed by atoms with Gasteiger partial charge in [-0.15, -0.1) is 12.4 Å². The largest absolute Gasteiger partial charge is 0.422 e. The van der Waals surface area contributed by atoms with Crippen LogP contribution >= 0.6 is 80.2 Å². The minimum atomic E-state index is -0.568. The van der Waals surface area contributed by atoms with Gasteiger partial charge in [0.1, 0.15) is 23.2 Å². The van der Waals surface area contributed by atoms with Crippen molar-refractivity contribution in [3.63, 3.8) is 0 Å². The van der Waals surface area contributed by atoms with Gasteiger partial charge in [-0.1, -0.05) is 93.7 Å². The predicted octanol–water partition coefficient (Wildman–Crippen LogP) is 18.2. The average Bonchev–Trinajstić information content (AvgIpc) is 1.59. The summed E-state index contributed by atoms with van der Waals surface area (Å²) in [5.41, 5.74) is 12.1. The molecule has 12 aromatic rings. The maximum atomic E-state index is 14.8. The van der Waals surface area contributed by atoms with Crippen LogP contribution in [0.25, 0.3) is 66.3 Å². The van der Waals surface area contributed by atoms with Gasteiger partial charge >= 0.3 is 16.9 Å². The third kappa shape index (κ3) is 18.5. The van der Waals surface area contributed by atoms with Gasteiger partial charge in [0, 0.05) is 125 Å². The van der Waals surface area contributed by atoms with Crippen LogP contribution in [0.15, 0.2) is 169 Å². The molecule has 2 aliphatic carbocycles. The van der Waals surface area contributed by atoms with Crippen molar-refractivity contribution in [3.05, 3.63) is 302 Å². The summed E-state index contributed by atoms with van der Waals surface area (Å²) in [6.45, 7) is 14.5. The minimum Gasteiger partial charge on any atom is -0.422 e. The Balaban J connectivity index is 0.000000189. The van der Waals surface area contributed by atoms with Crippen LogP contribution in [0.2, 0.25) is 0 Å². The first-order chi connectivity index (χ1) is 51.6. The molecule has 16 nitrogen and oxygen atoms in total. The number of fused-ring (bicyclic) bond motifs is 3. The summed E-state index contributed by atoms with van der Waals surface area (Å²) in [6, 6.07) is 38.8. The molecule has 23 heteroatoms. The lowest BCUT2D eigenvalue weighted by Gasteiger charge is -2.19. The molecule has 0 unspecified atom stereocenters. The molecule has 0 saturated heterocycles. The lowest BCUT2D eigenvalue weighted by Crippen LogP contribution is -2.29. The number of carbonyl (C=O) groups is 1. The second kappa shape index (κ2) is 36.6. The fraction of sp³-hybridized carbons (Fsp3) is 0.307. The lowest BCUT2D eigenvalue weighted by molar-refractivity contribution is -0.116. The molecule has 0 amide bonds. The lowest BCUT2D eigenvalue weighted by atomic mass is 9.93. The van der Waals surface area contributed by atoms with E-state index in [1.54, 1.807) is 49.6 Å². The van der Waals surface area contributed by atoms with E-state index in [-0.39, 0.29) is 127 Å². The van der Waals surface area contributed by atoms with Gasteiger partial charge in [-0.3, -0.25) is 19.2 Å². The molecular formula is C88H91ClF3I3N6O10. The van der Waals surface area contributed by atoms with Crippen LogP contribution in [0, 0.1) is 69.7 Å². The van der Waals surface area contributed by atoms with Crippen molar-refractivity contribution in [1.82, 2.24) is 29.2 Å². The summed E-state index contributed by atoms with van der Waals surface area (Å²) in [5.74, 6) is -1.07. The standard InChI is InChI=1S/C29H28FIN2O4.C29H28FIN2O3.C28H26FIN2O3.2CH4.ClH/c1-16(34)12-19-6-5-7-21(13-19)25-18(3)33(11-10-32-4)28(35)26-23(17(2)29(36)37-27(25)26)14-20-8-9-22(31)15-24(20)30;1-16-23(13-19-8-9-21(31)14-24(19)30)26-27(36-29(16)35)25(17(2)33(28(26)34)22-10-11-22)20-7-5-6-18(12-20)15-32(3)4;1-15-22(12-18-7-8-20(30)13-23(18)29)25-26(35-28(15)34)24(16(2)32(27(25)33)21-9-10-21)19-6-4-5-17(11-19)14-31-3;;;/h5-9,13,15,32H,10-12,14H2,1-4H3;5-9,12,14,22H,10-11,13,15H2,1-4H3;4-8,11,13,21,31H,9-10,12,14H2,1-3H3;2*1H4;1H. The van der Waals surface area contributed by atoms with Gasteiger partial charge in [0.2, 0.25) is 0 Å². The molecule has 2 fully saturated rings. The Bertz CT molecular complexity index is 6000. The second-order valence-electron chi connectivity index (χ2n) is 28.3. The Morgan fingerprint density at radius 3 is 1.19 bits per heavy atom. The highest BCUT2D eigenvalue weighted by atomic mass is 127. The van der Waals surface area contributed by atoms with Crippen LogP contribution in [0.3, 0.4) is 0 Å². The zero-order valence-electron chi connectivity index (χ0n) is 62.3. The van der Waals surface area contributed by atoms with E-state index in [1.165, 1.54) is 25.1 Å². The van der Waals surface area contributed by atoms with E-state index in [1.807, 2.05) is 147 Å². The molecular weight excluding hydrogens is 1770 g/mol. The number of Topliss-reactive ketones (excluding diaryl/α,β-unsaturated/α-hetero) is 1. The quantitative estimate of drug-likeness (QED) is 0.0683. The number of halogens is 7. The highest BCUT2D eigenvalue weighted by Gasteiger charge is 2.34. The zero-order chi connectivity index (χ0) is 77.4. The van der Waals surface area contributed by atoms with Crippen LogP contribution in [0.4, 0.5) is 13.2 Å². The fourth-order valence-electron chi connectivity index (χ4n) is 14.6. The Kier molecular flexibility index (Phi) is 28.6. The number of nitrogens with one attached hydrogen (secondary N) is 2. The maximum Gasteiger partial charge on any atom is 0.339 e. The van der Waals surface area contributed by atoms with Crippen LogP contribution in [0.5, 0.6) is 0 Å². The van der Waals surface area contributed by atoms with Crippen molar-refractivity contribution in [2.75, 3.05) is 34.7 Å². The Hall–Kier alpha value is -8.38. The van der Waals surface area contributed by atoms with E-state index in [9.17, 15) is 46.7 Å². The molecule has 2 aliphatic rings. The van der Waals surface area contributed by atoms with Crippen LogP contribution in [0.1, 0.15) is 143 Å². The van der Waals surface area contributed by atoms with Crippen molar-refractivity contribution in [2.45, 2.75) is 146 Å². The normalized spacial score (nSPS) is 12.5. The van der Waals surface area contributed by atoms with Gasteiger partial charge in [-0.25, -0.2) is 27.6 Å². The summed E-state index contributed by atoms with van der Waals surface area (Å²) in [4.78, 5) is 94.7. The first-order valence-electron chi connectivity index (χ1n) is 35.7. The van der Waals surface area contributed by atoms with Crippen molar-refractivity contribution in [3.8, 4) is 33.4 Å². The summed E-state index contributed by atoms with van der Waals surface area (Å²) in [6.07, 6.45) is 4.35. The fourth-order valence-corrected chi connectivity index (χ4v) is 15.9. The van der Waals surface area contributed by atoms with Crippen molar-refractivity contribution in [2.24, 2.45) is 0 Å². The Labute approximate surface area is 689 Å². The van der Waals surface area contributed by atoms with Gasteiger partial charge in [-0.2, -0.15) is 0 Å². The molecule has 0 bridgehead atoms.